The van der Waals surface area contributed by atoms with Crippen molar-refractivity contribution in [2.24, 2.45) is 9.98 Å². The van der Waals surface area contributed by atoms with Crippen molar-refractivity contribution in [1.82, 2.24) is 0 Å². The molecule has 0 aliphatic heterocycles. The van der Waals surface area contributed by atoms with Crippen molar-refractivity contribution in [1.29, 1.82) is 0 Å². The molecule has 0 amide bonds. The van der Waals surface area contributed by atoms with Crippen LogP contribution in [0.1, 0.15) is 89.9 Å². The summed E-state index contributed by atoms with van der Waals surface area (Å²) in [6, 6.07) is 0. The zero-order chi connectivity index (χ0) is 16.1. The average molecular weight is 308 g/mol. The van der Waals surface area contributed by atoms with Crippen LogP contribution in [-0.2, 0) is 9.59 Å². The second kappa shape index (κ2) is 19.8. The van der Waals surface area contributed by atoms with Gasteiger partial charge in [0.25, 0.3) is 0 Å². The number of carbonyl (C=O) groups excluding carboxylic acids is 2. The fourth-order valence-corrected chi connectivity index (χ4v) is 2.59. The van der Waals surface area contributed by atoms with Crippen molar-refractivity contribution in [3.05, 3.63) is 0 Å². The minimum Gasteiger partial charge on any atom is -0.211 e. The number of unbranched alkanes of at least 4 members (excludes halogenated alkanes) is 13. The molecule has 0 aliphatic rings. The van der Waals surface area contributed by atoms with Gasteiger partial charge in [-0.05, 0) is 12.8 Å². The third kappa shape index (κ3) is 18.8. The first-order valence-electron chi connectivity index (χ1n) is 8.99. The zero-order valence-corrected chi connectivity index (χ0v) is 14.0. The summed E-state index contributed by atoms with van der Waals surface area (Å²) >= 11 is 0. The molecule has 0 aromatic carbocycles. The van der Waals surface area contributed by atoms with E-state index < -0.39 is 0 Å². The van der Waals surface area contributed by atoms with Gasteiger partial charge in [0.15, 0.2) is 0 Å². The topological polar surface area (TPSA) is 58.9 Å². The van der Waals surface area contributed by atoms with E-state index in [1.807, 2.05) is 0 Å². The molecule has 0 aromatic rings. The molecular weight excluding hydrogens is 276 g/mol. The maximum atomic E-state index is 9.87. The summed E-state index contributed by atoms with van der Waals surface area (Å²) in [4.78, 5) is 26.8. The van der Waals surface area contributed by atoms with E-state index in [9.17, 15) is 9.59 Å². The van der Waals surface area contributed by atoms with Crippen LogP contribution in [0.2, 0.25) is 0 Å². The summed E-state index contributed by atoms with van der Waals surface area (Å²) in [6.07, 6.45) is 20.9. The van der Waals surface area contributed by atoms with Gasteiger partial charge in [0.05, 0.1) is 13.1 Å². The Hall–Kier alpha value is -1.24. The minimum atomic E-state index is 0.647. The second-order valence-corrected chi connectivity index (χ2v) is 5.90. The molecule has 0 saturated heterocycles. The molecular formula is C18H32N2O2. The average Bonchev–Trinajstić information content (AvgIpc) is 2.54. The molecule has 0 radical (unpaired) electrons. The molecule has 0 unspecified atom stereocenters. The maximum absolute atomic E-state index is 9.87. The van der Waals surface area contributed by atoms with Crippen LogP contribution in [0.5, 0.6) is 0 Å². The van der Waals surface area contributed by atoms with E-state index in [4.69, 9.17) is 0 Å². The highest BCUT2D eigenvalue weighted by Crippen LogP contribution is 2.12. The number of rotatable bonds is 17. The molecule has 0 N–H and O–H groups in total. The van der Waals surface area contributed by atoms with Crippen LogP contribution in [0.3, 0.4) is 0 Å². The SMILES string of the molecule is O=C=NCCCCCCCCCCCCCCCCN=C=O. The molecule has 0 atom stereocenters. The molecule has 0 aromatic heterocycles. The number of isocyanates is 2. The Morgan fingerprint density at radius 3 is 0.864 bits per heavy atom. The lowest BCUT2D eigenvalue weighted by molar-refractivity contribution is 0.533. The Labute approximate surface area is 135 Å². The second-order valence-electron chi connectivity index (χ2n) is 5.90. The van der Waals surface area contributed by atoms with E-state index >= 15 is 0 Å². The molecule has 0 saturated carbocycles. The molecule has 22 heavy (non-hydrogen) atoms. The zero-order valence-electron chi connectivity index (χ0n) is 14.0. The standard InChI is InChI=1S/C18H32N2O2/c21-17-19-15-13-11-9-7-5-3-1-2-4-6-8-10-12-14-16-20-18-22/h1-16H2. The van der Waals surface area contributed by atoms with E-state index in [2.05, 4.69) is 9.98 Å². The quantitative estimate of drug-likeness (QED) is 0.213. The van der Waals surface area contributed by atoms with E-state index in [1.54, 1.807) is 12.2 Å². The third-order valence-corrected chi connectivity index (χ3v) is 3.92. The highest BCUT2D eigenvalue weighted by molar-refractivity contribution is 5.32. The predicted octanol–water partition coefficient (Wildman–Crippen LogP) is 5.12. The fourth-order valence-electron chi connectivity index (χ4n) is 2.59. The number of hydrogen-bond acceptors (Lipinski definition) is 4. The molecule has 4 heteroatoms. The van der Waals surface area contributed by atoms with Crippen molar-refractivity contribution in [3.63, 3.8) is 0 Å². The first-order valence-corrected chi connectivity index (χ1v) is 8.99. The van der Waals surface area contributed by atoms with Gasteiger partial charge >= 0.3 is 0 Å². The Morgan fingerprint density at radius 2 is 0.636 bits per heavy atom. The van der Waals surface area contributed by atoms with E-state index in [1.165, 1.54) is 77.0 Å². The highest BCUT2D eigenvalue weighted by atomic mass is 16.1. The molecule has 0 heterocycles. The highest BCUT2D eigenvalue weighted by Gasteiger charge is 1.94. The number of aliphatic imine (C=N–C) groups is 2. The van der Waals surface area contributed by atoms with Crippen molar-refractivity contribution < 1.29 is 9.59 Å². The molecule has 0 fully saturated rings. The summed E-state index contributed by atoms with van der Waals surface area (Å²) in [5.74, 6) is 0. The van der Waals surface area contributed by atoms with Crippen molar-refractivity contribution in [2.75, 3.05) is 13.1 Å². The van der Waals surface area contributed by atoms with Crippen LogP contribution in [0.4, 0.5) is 0 Å². The first-order chi connectivity index (χ1) is 10.9. The number of nitrogens with zero attached hydrogens (tertiary/aromatic N) is 2. The monoisotopic (exact) mass is 308 g/mol. The van der Waals surface area contributed by atoms with E-state index in [-0.39, 0.29) is 0 Å². The van der Waals surface area contributed by atoms with Gasteiger partial charge in [-0.2, -0.15) is 0 Å². The summed E-state index contributed by atoms with van der Waals surface area (Å²) in [5.41, 5.74) is 0. The van der Waals surface area contributed by atoms with Gasteiger partial charge in [-0.1, -0.05) is 77.0 Å². The maximum Gasteiger partial charge on any atom is 0.234 e. The van der Waals surface area contributed by atoms with Gasteiger partial charge in [-0.3, -0.25) is 0 Å². The third-order valence-electron chi connectivity index (χ3n) is 3.92. The smallest absolute Gasteiger partial charge is 0.211 e. The Morgan fingerprint density at radius 1 is 0.409 bits per heavy atom. The van der Waals surface area contributed by atoms with Gasteiger partial charge in [0, 0.05) is 0 Å². The lowest BCUT2D eigenvalue weighted by Gasteiger charge is -2.02. The molecule has 126 valence electrons. The molecule has 0 aliphatic carbocycles. The van der Waals surface area contributed by atoms with E-state index in [0.29, 0.717) is 13.1 Å². The Balaban J connectivity index is 2.99. The predicted molar refractivity (Wildman–Crippen MR) is 90.6 cm³/mol. The fraction of sp³-hybridized carbons (Fsp3) is 0.889. The van der Waals surface area contributed by atoms with Crippen molar-refractivity contribution in [2.45, 2.75) is 89.9 Å². The van der Waals surface area contributed by atoms with Gasteiger partial charge in [0.2, 0.25) is 12.2 Å². The Bertz CT molecular complexity index is 287. The van der Waals surface area contributed by atoms with Crippen molar-refractivity contribution in [3.8, 4) is 0 Å². The molecule has 0 bridgehead atoms. The molecule has 0 rings (SSSR count). The summed E-state index contributed by atoms with van der Waals surface area (Å²) < 4.78 is 0. The normalized spacial score (nSPS) is 10.0. The molecule has 0 spiro atoms. The van der Waals surface area contributed by atoms with Crippen LogP contribution in [0.15, 0.2) is 9.98 Å². The van der Waals surface area contributed by atoms with Gasteiger partial charge in [0.1, 0.15) is 0 Å². The van der Waals surface area contributed by atoms with Gasteiger partial charge < -0.3 is 0 Å². The van der Waals surface area contributed by atoms with Crippen LogP contribution >= 0.6 is 0 Å². The van der Waals surface area contributed by atoms with Gasteiger partial charge in [-0.25, -0.2) is 19.6 Å². The van der Waals surface area contributed by atoms with Crippen molar-refractivity contribution >= 4 is 12.2 Å². The van der Waals surface area contributed by atoms with Gasteiger partial charge in [-0.15, -0.1) is 0 Å². The summed E-state index contributed by atoms with van der Waals surface area (Å²) in [5, 5.41) is 0. The lowest BCUT2D eigenvalue weighted by Crippen LogP contribution is -1.85. The van der Waals surface area contributed by atoms with Crippen LogP contribution in [-0.4, -0.2) is 25.2 Å². The van der Waals surface area contributed by atoms with Crippen LogP contribution < -0.4 is 0 Å². The molecule has 4 nitrogen and oxygen atoms in total. The summed E-state index contributed by atoms with van der Waals surface area (Å²) in [7, 11) is 0. The number of hydrogen-bond donors (Lipinski definition) is 0. The lowest BCUT2D eigenvalue weighted by atomic mass is 10.0. The van der Waals surface area contributed by atoms with E-state index in [0.717, 1.165) is 12.8 Å². The minimum absolute atomic E-state index is 0.647. The Kier molecular flexibility index (Phi) is 18.6. The van der Waals surface area contributed by atoms with Crippen LogP contribution in [0.25, 0.3) is 0 Å². The summed E-state index contributed by atoms with van der Waals surface area (Å²) in [6.45, 7) is 1.29. The van der Waals surface area contributed by atoms with Crippen LogP contribution in [0, 0.1) is 0 Å². The first kappa shape index (κ1) is 20.8. The largest absolute Gasteiger partial charge is 0.234 e.